The lowest BCUT2D eigenvalue weighted by Gasteiger charge is -2.09. The van der Waals surface area contributed by atoms with Gasteiger partial charge in [-0.3, -0.25) is 4.98 Å². The van der Waals surface area contributed by atoms with Crippen LogP contribution >= 0.6 is 12.2 Å². The molecule has 3 N–H and O–H groups in total. The lowest BCUT2D eigenvalue weighted by atomic mass is 10.2. The first-order valence-electron chi connectivity index (χ1n) is 5.00. The summed E-state index contributed by atoms with van der Waals surface area (Å²) >= 11 is 4.96. The maximum atomic E-state index is 5.62. The molecule has 0 unspecified atom stereocenters. The second-order valence-electron chi connectivity index (χ2n) is 3.34. The van der Waals surface area contributed by atoms with Crippen molar-refractivity contribution in [3.05, 3.63) is 48.3 Å². The van der Waals surface area contributed by atoms with Gasteiger partial charge in [0.25, 0.3) is 0 Å². The summed E-state index contributed by atoms with van der Waals surface area (Å²) in [7, 11) is 0. The molecule has 0 saturated heterocycles. The summed E-state index contributed by atoms with van der Waals surface area (Å²) in [4.78, 5) is 12.3. The Balaban J connectivity index is 2.12. The van der Waals surface area contributed by atoms with Gasteiger partial charge in [0.1, 0.15) is 11.3 Å². The Hall–Kier alpha value is -2.08. The van der Waals surface area contributed by atoms with E-state index in [1.165, 1.54) is 6.33 Å². The molecule has 0 spiro atoms. The zero-order valence-electron chi connectivity index (χ0n) is 9.00. The van der Waals surface area contributed by atoms with Gasteiger partial charge >= 0.3 is 0 Å². The van der Waals surface area contributed by atoms with Gasteiger partial charge in [-0.15, -0.1) is 0 Å². The van der Waals surface area contributed by atoms with E-state index in [-0.39, 0.29) is 0 Å². The Morgan fingerprint density at radius 3 is 2.82 bits per heavy atom. The summed E-state index contributed by atoms with van der Waals surface area (Å²) in [5.41, 5.74) is 8.09. The molecule has 6 heteroatoms. The number of hydrogen-bond donors (Lipinski definition) is 2. The molecule has 0 aliphatic rings. The van der Waals surface area contributed by atoms with Crippen molar-refractivity contribution in [2.24, 2.45) is 5.73 Å². The van der Waals surface area contributed by atoms with Crippen molar-refractivity contribution in [1.82, 2.24) is 15.0 Å². The highest BCUT2D eigenvalue weighted by Gasteiger charge is 2.04. The van der Waals surface area contributed by atoms with E-state index in [1.807, 2.05) is 6.07 Å². The number of aromatic nitrogens is 3. The van der Waals surface area contributed by atoms with Crippen LogP contribution in [-0.4, -0.2) is 19.9 Å². The van der Waals surface area contributed by atoms with Gasteiger partial charge in [-0.25, -0.2) is 9.97 Å². The fourth-order valence-electron chi connectivity index (χ4n) is 1.36. The van der Waals surface area contributed by atoms with Crippen molar-refractivity contribution in [2.75, 3.05) is 5.32 Å². The second-order valence-corrected chi connectivity index (χ2v) is 3.78. The molecule has 0 aromatic carbocycles. The number of nitrogens with zero attached hydrogens (tertiary/aromatic N) is 3. The van der Waals surface area contributed by atoms with Crippen molar-refractivity contribution in [3.63, 3.8) is 0 Å². The third kappa shape index (κ3) is 2.94. The standard InChI is InChI=1S/C11H11N5S/c12-11(17)9-2-4-13-6-10(9)15-5-8-1-3-14-7-16-8/h1-4,6-7,15H,5H2,(H2,12,17). The maximum absolute atomic E-state index is 5.62. The molecule has 0 saturated carbocycles. The van der Waals surface area contributed by atoms with Crippen molar-refractivity contribution >= 4 is 22.9 Å². The molecule has 0 atom stereocenters. The first kappa shape index (κ1) is 11.4. The number of anilines is 1. The summed E-state index contributed by atoms with van der Waals surface area (Å²) in [5.74, 6) is 0. The number of nitrogens with one attached hydrogen (secondary N) is 1. The Kier molecular flexibility index (Phi) is 3.56. The fourth-order valence-corrected chi connectivity index (χ4v) is 1.54. The van der Waals surface area contributed by atoms with E-state index in [0.29, 0.717) is 11.5 Å². The van der Waals surface area contributed by atoms with E-state index in [1.54, 1.807) is 24.7 Å². The number of hydrogen-bond acceptors (Lipinski definition) is 5. The Labute approximate surface area is 104 Å². The van der Waals surface area contributed by atoms with Crippen molar-refractivity contribution in [3.8, 4) is 0 Å². The molecule has 2 aromatic rings. The third-order valence-corrected chi connectivity index (χ3v) is 2.41. The highest BCUT2D eigenvalue weighted by molar-refractivity contribution is 7.80. The lowest BCUT2D eigenvalue weighted by Crippen LogP contribution is -2.13. The molecule has 0 bridgehead atoms. The minimum absolute atomic E-state index is 0.345. The molecule has 0 radical (unpaired) electrons. The van der Waals surface area contributed by atoms with E-state index in [4.69, 9.17) is 18.0 Å². The van der Waals surface area contributed by atoms with Crippen LogP contribution in [0.3, 0.4) is 0 Å². The van der Waals surface area contributed by atoms with Gasteiger partial charge in [-0.05, 0) is 12.1 Å². The molecule has 0 fully saturated rings. The average molecular weight is 245 g/mol. The fraction of sp³-hybridized carbons (Fsp3) is 0.0909. The summed E-state index contributed by atoms with van der Waals surface area (Å²) in [6.45, 7) is 0.573. The van der Waals surface area contributed by atoms with Crippen molar-refractivity contribution in [1.29, 1.82) is 0 Å². The van der Waals surface area contributed by atoms with Crippen LogP contribution in [-0.2, 0) is 6.54 Å². The zero-order chi connectivity index (χ0) is 12.1. The van der Waals surface area contributed by atoms with Gasteiger partial charge in [0.15, 0.2) is 0 Å². The average Bonchev–Trinajstić information content (AvgIpc) is 2.38. The molecule has 86 valence electrons. The third-order valence-electron chi connectivity index (χ3n) is 2.19. The van der Waals surface area contributed by atoms with Crippen LogP contribution in [0, 0.1) is 0 Å². The Morgan fingerprint density at radius 2 is 2.12 bits per heavy atom. The van der Waals surface area contributed by atoms with Crippen LogP contribution in [0.15, 0.2) is 37.1 Å². The summed E-state index contributed by atoms with van der Waals surface area (Å²) < 4.78 is 0. The minimum Gasteiger partial charge on any atom is -0.389 e. The largest absolute Gasteiger partial charge is 0.389 e. The van der Waals surface area contributed by atoms with E-state index >= 15 is 0 Å². The van der Waals surface area contributed by atoms with Crippen LogP contribution in [0.2, 0.25) is 0 Å². The van der Waals surface area contributed by atoms with Crippen molar-refractivity contribution < 1.29 is 0 Å². The number of pyridine rings is 1. The quantitative estimate of drug-likeness (QED) is 0.786. The molecule has 0 aliphatic heterocycles. The van der Waals surface area contributed by atoms with Crippen LogP contribution in [0.1, 0.15) is 11.3 Å². The van der Waals surface area contributed by atoms with Crippen LogP contribution in [0.25, 0.3) is 0 Å². The zero-order valence-corrected chi connectivity index (χ0v) is 9.81. The molecule has 2 aromatic heterocycles. The smallest absolute Gasteiger partial charge is 0.115 e. The summed E-state index contributed by atoms with van der Waals surface area (Å²) in [6, 6.07) is 3.62. The molecule has 0 amide bonds. The normalized spacial score (nSPS) is 9.88. The number of nitrogens with two attached hydrogens (primary N) is 1. The Bertz CT molecular complexity index is 514. The van der Waals surface area contributed by atoms with E-state index < -0.39 is 0 Å². The molecular weight excluding hydrogens is 234 g/mol. The molecule has 2 heterocycles. The van der Waals surface area contributed by atoms with Gasteiger partial charge in [0, 0.05) is 18.0 Å². The second kappa shape index (κ2) is 5.31. The lowest BCUT2D eigenvalue weighted by molar-refractivity contribution is 1.00. The molecule has 0 aliphatic carbocycles. The SMILES string of the molecule is NC(=S)c1ccncc1NCc1ccncn1. The van der Waals surface area contributed by atoms with Crippen LogP contribution < -0.4 is 11.1 Å². The number of rotatable bonds is 4. The molecule has 17 heavy (non-hydrogen) atoms. The summed E-state index contributed by atoms with van der Waals surface area (Å²) in [5, 5.41) is 3.19. The first-order chi connectivity index (χ1) is 8.27. The highest BCUT2D eigenvalue weighted by atomic mass is 32.1. The molecule has 5 nitrogen and oxygen atoms in total. The number of thiocarbonyl (C=S) groups is 1. The highest BCUT2D eigenvalue weighted by Crippen LogP contribution is 2.13. The van der Waals surface area contributed by atoms with Gasteiger partial charge < -0.3 is 11.1 Å². The monoisotopic (exact) mass is 245 g/mol. The van der Waals surface area contributed by atoms with Gasteiger partial charge in [-0.2, -0.15) is 0 Å². The van der Waals surface area contributed by atoms with Crippen LogP contribution in [0.5, 0.6) is 0 Å². The maximum Gasteiger partial charge on any atom is 0.115 e. The molecular formula is C11H11N5S. The van der Waals surface area contributed by atoms with Crippen LogP contribution in [0.4, 0.5) is 5.69 Å². The molecule has 2 rings (SSSR count). The first-order valence-corrected chi connectivity index (χ1v) is 5.41. The van der Waals surface area contributed by atoms with E-state index in [9.17, 15) is 0 Å². The van der Waals surface area contributed by atoms with E-state index in [2.05, 4.69) is 20.3 Å². The predicted octanol–water partition coefficient (Wildman–Crippen LogP) is 1.12. The van der Waals surface area contributed by atoms with E-state index in [0.717, 1.165) is 16.9 Å². The minimum atomic E-state index is 0.345. The summed E-state index contributed by atoms with van der Waals surface area (Å²) in [6.07, 6.45) is 6.55. The van der Waals surface area contributed by atoms with Gasteiger partial charge in [-0.1, -0.05) is 12.2 Å². The van der Waals surface area contributed by atoms with Crippen molar-refractivity contribution in [2.45, 2.75) is 6.54 Å². The van der Waals surface area contributed by atoms with Gasteiger partial charge in [0.05, 0.1) is 24.1 Å². The van der Waals surface area contributed by atoms with Gasteiger partial charge in [0.2, 0.25) is 0 Å². The Morgan fingerprint density at radius 1 is 1.29 bits per heavy atom. The topological polar surface area (TPSA) is 76.7 Å². The predicted molar refractivity (Wildman–Crippen MR) is 69.5 cm³/mol.